The van der Waals surface area contributed by atoms with Crippen molar-refractivity contribution in [2.24, 2.45) is 5.92 Å². The molecule has 1 aromatic carbocycles. The van der Waals surface area contributed by atoms with Crippen molar-refractivity contribution < 1.29 is 27.4 Å². The highest BCUT2D eigenvalue weighted by Gasteiger charge is 2.33. The van der Waals surface area contributed by atoms with Gasteiger partial charge in [-0.05, 0) is 18.6 Å². The van der Waals surface area contributed by atoms with Crippen molar-refractivity contribution in [3.8, 4) is 28.5 Å². The second-order valence-corrected chi connectivity index (χ2v) is 8.40. The maximum atomic E-state index is 12.2. The molecule has 146 valence electrons. The number of aromatic nitrogens is 2. The standard InChI is InChI=1S/C17H21N3O6S/c1-24-13-6-11(7-14(25-2)16(13)26-3)12-8-15(20-19-12)18-17(21)10-4-5-27(22,23)9-10/h6-8,10H,4-5,9H2,1-3H3,(H2,18,19,20,21). The zero-order valence-corrected chi connectivity index (χ0v) is 16.1. The minimum atomic E-state index is -3.12. The van der Waals surface area contributed by atoms with E-state index in [1.165, 1.54) is 21.3 Å². The van der Waals surface area contributed by atoms with E-state index in [-0.39, 0.29) is 17.4 Å². The summed E-state index contributed by atoms with van der Waals surface area (Å²) in [5, 5.41) is 9.57. The number of nitrogens with zero attached hydrogens (tertiary/aromatic N) is 1. The summed E-state index contributed by atoms with van der Waals surface area (Å²) < 4.78 is 39.0. The van der Waals surface area contributed by atoms with Crippen LogP contribution in [-0.2, 0) is 14.6 Å². The Morgan fingerprint density at radius 2 is 1.81 bits per heavy atom. The van der Waals surface area contributed by atoms with Crippen molar-refractivity contribution >= 4 is 21.6 Å². The fraction of sp³-hybridized carbons (Fsp3) is 0.412. The van der Waals surface area contributed by atoms with Crippen LogP contribution < -0.4 is 19.5 Å². The number of H-pyrrole nitrogens is 1. The fourth-order valence-corrected chi connectivity index (χ4v) is 4.74. The molecule has 3 rings (SSSR count). The second kappa shape index (κ2) is 7.47. The normalized spacial score (nSPS) is 18.1. The van der Waals surface area contributed by atoms with Gasteiger partial charge in [0.05, 0.1) is 44.4 Å². The van der Waals surface area contributed by atoms with Crippen LogP contribution in [0.5, 0.6) is 17.2 Å². The molecule has 1 unspecified atom stereocenters. The fourth-order valence-electron chi connectivity index (χ4n) is 3.00. The van der Waals surface area contributed by atoms with Crippen LogP contribution in [-0.4, -0.2) is 57.4 Å². The van der Waals surface area contributed by atoms with Gasteiger partial charge in [-0.3, -0.25) is 9.89 Å². The van der Waals surface area contributed by atoms with Gasteiger partial charge in [0.15, 0.2) is 27.2 Å². The summed E-state index contributed by atoms with van der Waals surface area (Å²) in [5.74, 6) is 0.791. The molecular formula is C17H21N3O6S. The lowest BCUT2D eigenvalue weighted by atomic mass is 10.1. The molecular weight excluding hydrogens is 374 g/mol. The average molecular weight is 395 g/mol. The number of amides is 1. The van der Waals surface area contributed by atoms with Crippen LogP contribution in [0.3, 0.4) is 0 Å². The molecule has 1 aliphatic heterocycles. The predicted octanol–water partition coefficient (Wildman–Crippen LogP) is 1.48. The number of ether oxygens (including phenoxy) is 3. The van der Waals surface area contributed by atoms with Gasteiger partial charge in [0.25, 0.3) is 0 Å². The van der Waals surface area contributed by atoms with Crippen molar-refractivity contribution in [2.45, 2.75) is 6.42 Å². The Bertz CT molecular complexity index is 928. The van der Waals surface area contributed by atoms with E-state index in [1.54, 1.807) is 18.2 Å². The number of benzene rings is 1. The van der Waals surface area contributed by atoms with E-state index in [0.717, 1.165) is 5.56 Å². The molecule has 1 fully saturated rings. The first-order chi connectivity index (χ1) is 12.9. The minimum absolute atomic E-state index is 0.0440. The molecule has 0 spiro atoms. The molecule has 0 aliphatic carbocycles. The SMILES string of the molecule is COc1cc(-c2cc(NC(=O)C3CCS(=O)(=O)C3)n[nH]2)cc(OC)c1OC. The number of nitrogens with one attached hydrogen (secondary N) is 2. The monoisotopic (exact) mass is 395 g/mol. The third-order valence-electron chi connectivity index (χ3n) is 4.41. The second-order valence-electron chi connectivity index (χ2n) is 6.17. The van der Waals surface area contributed by atoms with E-state index in [4.69, 9.17) is 14.2 Å². The maximum Gasteiger partial charge on any atom is 0.229 e. The van der Waals surface area contributed by atoms with Gasteiger partial charge in [-0.15, -0.1) is 0 Å². The number of hydrogen-bond acceptors (Lipinski definition) is 7. The summed E-state index contributed by atoms with van der Waals surface area (Å²) in [5.41, 5.74) is 1.35. The van der Waals surface area contributed by atoms with Gasteiger partial charge >= 0.3 is 0 Å². The molecule has 0 radical (unpaired) electrons. The lowest BCUT2D eigenvalue weighted by Gasteiger charge is -2.13. The molecule has 9 nitrogen and oxygen atoms in total. The zero-order chi connectivity index (χ0) is 19.6. The summed E-state index contributed by atoms with van der Waals surface area (Å²) >= 11 is 0. The number of anilines is 1. The highest BCUT2D eigenvalue weighted by Crippen LogP contribution is 2.41. The Balaban J connectivity index is 1.80. The Morgan fingerprint density at radius 1 is 1.15 bits per heavy atom. The maximum absolute atomic E-state index is 12.2. The average Bonchev–Trinajstić information content (AvgIpc) is 3.26. The van der Waals surface area contributed by atoms with E-state index in [9.17, 15) is 13.2 Å². The summed E-state index contributed by atoms with van der Waals surface area (Å²) in [4.78, 5) is 12.2. The molecule has 2 N–H and O–H groups in total. The zero-order valence-electron chi connectivity index (χ0n) is 15.2. The number of rotatable bonds is 6. The first-order valence-electron chi connectivity index (χ1n) is 8.24. The van der Waals surface area contributed by atoms with Gasteiger partial charge in [-0.1, -0.05) is 0 Å². The van der Waals surface area contributed by atoms with Crippen LogP contribution in [0, 0.1) is 5.92 Å². The Kier molecular flexibility index (Phi) is 5.26. The van der Waals surface area contributed by atoms with Gasteiger partial charge in [0.2, 0.25) is 11.7 Å². The topological polar surface area (TPSA) is 120 Å². The van der Waals surface area contributed by atoms with Crippen LogP contribution in [0.2, 0.25) is 0 Å². The number of carbonyl (C=O) groups excluding carboxylic acids is 1. The molecule has 1 amide bonds. The number of sulfone groups is 1. The Morgan fingerprint density at radius 3 is 2.33 bits per heavy atom. The number of methoxy groups -OCH3 is 3. The largest absolute Gasteiger partial charge is 0.493 e. The molecule has 1 aliphatic rings. The van der Waals surface area contributed by atoms with Gasteiger partial charge in [0, 0.05) is 11.6 Å². The minimum Gasteiger partial charge on any atom is -0.493 e. The van der Waals surface area contributed by atoms with E-state index in [0.29, 0.717) is 35.2 Å². The molecule has 2 aromatic rings. The third-order valence-corrected chi connectivity index (χ3v) is 6.18. The van der Waals surface area contributed by atoms with Crippen molar-refractivity contribution in [2.75, 3.05) is 38.2 Å². The predicted molar refractivity (Wildman–Crippen MR) is 99.1 cm³/mol. The third kappa shape index (κ3) is 4.00. The summed E-state index contributed by atoms with van der Waals surface area (Å²) in [6, 6.07) is 5.16. The van der Waals surface area contributed by atoms with E-state index in [1.807, 2.05) is 0 Å². The Labute approximate surface area is 156 Å². The smallest absolute Gasteiger partial charge is 0.229 e. The first kappa shape index (κ1) is 19.0. The number of carbonyl (C=O) groups is 1. The molecule has 2 heterocycles. The van der Waals surface area contributed by atoms with E-state index in [2.05, 4.69) is 15.5 Å². The van der Waals surface area contributed by atoms with Gasteiger partial charge in [0.1, 0.15) is 0 Å². The van der Waals surface area contributed by atoms with Crippen molar-refractivity contribution in [1.29, 1.82) is 0 Å². The van der Waals surface area contributed by atoms with Crippen molar-refractivity contribution in [3.05, 3.63) is 18.2 Å². The molecule has 27 heavy (non-hydrogen) atoms. The molecule has 10 heteroatoms. The summed E-state index contributed by atoms with van der Waals surface area (Å²) in [7, 11) is 1.45. The van der Waals surface area contributed by atoms with Crippen molar-refractivity contribution in [1.82, 2.24) is 10.2 Å². The summed E-state index contributed by atoms with van der Waals surface area (Å²) in [6.07, 6.45) is 0.332. The van der Waals surface area contributed by atoms with E-state index < -0.39 is 15.8 Å². The highest BCUT2D eigenvalue weighted by atomic mass is 32.2. The molecule has 0 bridgehead atoms. The molecule has 1 atom stereocenters. The number of aromatic amines is 1. The lowest BCUT2D eigenvalue weighted by molar-refractivity contribution is -0.119. The van der Waals surface area contributed by atoms with Crippen LogP contribution in [0.15, 0.2) is 18.2 Å². The van der Waals surface area contributed by atoms with E-state index >= 15 is 0 Å². The molecule has 1 saturated heterocycles. The van der Waals surface area contributed by atoms with Crippen molar-refractivity contribution in [3.63, 3.8) is 0 Å². The van der Waals surface area contributed by atoms with Gasteiger partial charge < -0.3 is 19.5 Å². The summed E-state index contributed by atoms with van der Waals surface area (Å²) in [6.45, 7) is 0. The first-order valence-corrected chi connectivity index (χ1v) is 10.1. The van der Waals surface area contributed by atoms with Crippen LogP contribution in [0.1, 0.15) is 6.42 Å². The van der Waals surface area contributed by atoms with Crippen LogP contribution >= 0.6 is 0 Å². The lowest BCUT2D eigenvalue weighted by Crippen LogP contribution is -2.23. The number of hydrogen-bond donors (Lipinski definition) is 2. The molecule has 1 aromatic heterocycles. The van der Waals surface area contributed by atoms with Gasteiger partial charge in [-0.25, -0.2) is 8.42 Å². The van der Waals surface area contributed by atoms with Gasteiger partial charge in [-0.2, -0.15) is 5.10 Å². The quantitative estimate of drug-likeness (QED) is 0.760. The highest BCUT2D eigenvalue weighted by molar-refractivity contribution is 7.91. The molecule has 0 saturated carbocycles. The Hall–Kier alpha value is -2.75. The van der Waals surface area contributed by atoms with Crippen LogP contribution in [0.4, 0.5) is 5.82 Å². The van der Waals surface area contributed by atoms with Crippen LogP contribution in [0.25, 0.3) is 11.3 Å².